The fraction of sp³-hybridized carbons (Fsp3) is 0.350. The predicted molar refractivity (Wildman–Crippen MR) is 109 cm³/mol. The van der Waals surface area contributed by atoms with Gasteiger partial charge in [-0.1, -0.05) is 26.0 Å². The number of carboxylic acid groups (broad SMARTS) is 1. The zero-order valence-electron chi connectivity index (χ0n) is 16.5. The monoisotopic (exact) mass is 416 g/mol. The van der Waals surface area contributed by atoms with E-state index in [1.165, 1.54) is 12.1 Å². The van der Waals surface area contributed by atoms with Crippen LogP contribution in [0.2, 0.25) is 0 Å². The first-order valence-electron chi connectivity index (χ1n) is 9.28. The molecule has 0 bridgehead atoms. The minimum atomic E-state index is -3.93. The molecule has 0 aliphatic rings. The van der Waals surface area contributed by atoms with E-state index in [1.807, 2.05) is 31.4 Å². The van der Waals surface area contributed by atoms with Crippen molar-refractivity contribution in [2.75, 3.05) is 0 Å². The Balaban J connectivity index is 1.80. The fourth-order valence-corrected chi connectivity index (χ4v) is 4.39. The average Bonchev–Trinajstić information content (AvgIpc) is 2.96. The molecule has 0 saturated heterocycles. The van der Waals surface area contributed by atoms with Gasteiger partial charge in [0.2, 0.25) is 10.0 Å². The summed E-state index contributed by atoms with van der Waals surface area (Å²) in [5.74, 6) is -0.301. The third-order valence-corrected chi connectivity index (χ3v) is 6.11. The molecular weight excluding hydrogens is 392 g/mol. The highest BCUT2D eigenvalue weighted by molar-refractivity contribution is 7.89. The van der Waals surface area contributed by atoms with Crippen LogP contribution in [0.4, 0.5) is 0 Å². The molecular formula is C20H24N4O4S. The zero-order chi connectivity index (χ0) is 21.2. The van der Waals surface area contributed by atoms with Crippen LogP contribution >= 0.6 is 0 Å². The lowest BCUT2D eigenvalue weighted by Crippen LogP contribution is -2.41. The number of aryl methyl sites for hydroxylation is 1. The number of aromatic nitrogens is 3. The highest BCUT2D eigenvalue weighted by Gasteiger charge is 2.26. The van der Waals surface area contributed by atoms with Gasteiger partial charge in [0.1, 0.15) is 17.4 Å². The number of fused-ring (bicyclic) bond motifs is 1. The number of imidazole rings is 1. The summed E-state index contributed by atoms with van der Waals surface area (Å²) < 4.78 is 29.5. The molecule has 0 aliphatic carbocycles. The Labute approximate surface area is 169 Å². The van der Waals surface area contributed by atoms with E-state index in [1.54, 1.807) is 24.5 Å². The SMILES string of the molecule is Cc1nc2cnccc2n1Cc1ccc(S(=O)(=O)N[C@@H](CC(C)C)C(=O)O)cc1. The minimum Gasteiger partial charge on any atom is -0.480 e. The molecule has 0 fully saturated rings. The van der Waals surface area contributed by atoms with Crippen LogP contribution in [0.1, 0.15) is 31.7 Å². The number of carboxylic acids is 1. The van der Waals surface area contributed by atoms with Gasteiger partial charge >= 0.3 is 5.97 Å². The molecule has 0 radical (unpaired) electrons. The van der Waals surface area contributed by atoms with E-state index in [-0.39, 0.29) is 17.2 Å². The Morgan fingerprint density at radius 3 is 2.52 bits per heavy atom. The van der Waals surface area contributed by atoms with Gasteiger partial charge in [0.15, 0.2) is 0 Å². The zero-order valence-corrected chi connectivity index (χ0v) is 17.3. The summed E-state index contributed by atoms with van der Waals surface area (Å²) in [5.41, 5.74) is 2.66. The number of carbonyl (C=O) groups is 1. The quantitative estimate of drug-likeness (QED) is 0.583. The van der Waals surface area contributed by atoms with Gasteiger partial charge < -0.3 is 9.67 Å². The Hall–Kier alpha value is -2.78. The van der Waals surface area contributed by atoms with E-state index in [0.29, 0.717) is 6.54 Å². The van der Waals surface area contributed by atoms with E-state index in [2.05, 4.69) is 14.7 Å². The summed E-state index contributed by atoms with van der Waals surface area (Å²) in [4.78, 5) is 20.0. The van der Waals surface area contributed by atoms with Crippen molar-refractivity contribution in [1.29, 1.82) is 0 Å². The summed E-state index contributed by atoms with van der Waals surface area (Å²) in [5, 5.41) is 9.29. The normalized spacial score (nSPS) is 13.1. The highest BCUT2D eigenvalue weighted by Crippen LogP contribution is 2.18. The summed E-state index contributed by atoms with van der Waals surface area (Å²) >= 11 is 0. The van der Waals surface area contributed by atoms with Gasteiger partial charge in [-0.2, -0.15) is 4.72 Å². The lowest BCUT2D eigenvalue weighted by Gasteiger charge is -2.17. The van der Waals surface area contributed by atoms with E-state index in [4.69, 9.17) is 0 Å². The van der Waals surface area contributed by atoms with Crippen molar-refractivity contribution < 1.29 is 18.3 Å². The van der Waals surface area contributed by atoms with Gasteiger partial charge in [-0.15, -0.1) is 0 Å². The first kappa shape index (κ1) is 20.9. The molecule has 8 nitrogen and oxygen atoms in total. The highest BCUT2D eigenvalue weighted by atomic mass is 32.2. The standard InChI is InChI=1S/C20H24N4O4S/c1-13(2)10-17(20(25)26)23-29(27,28)16-6-4-15(5-7-16)12-24-14(3)22-18-11-21-9-8-19(18)24/h4-9,11,13,17,23H,10,12H2,1-3H3,(H,25,26)/t17-/m0/s1. The number of pyridine rings is 1. The van der Waals surface area contributed by atoms with Crippen LogP contribution in [0.25, 0.3) is 11.0 Å². The maximum Gasteiger partial charge on any atom is 0.321 e. The lowest BCUT2D eigenvalue weighted by atomic mass is 10.1. The van der Waals surface area contributed by atoms with Crippen LogP contribution in [0, 0.1) is 12.8 Å². The number of hydrogen-bond acceptors (Lipinski definition) is 5. The Morgan fingerprint density at radius 1 is 1.21 bits per heavy atom. The van der Waals surface area contributed by atoms with E-state index in [0.717, 1.165) is 22.4 Å². The van der Waals surface area contributed by atoms with Gasteiger partial charge in [-0.05, 0) is 43.0 Å². The molecule has 2 aromatic heterocycles. The summed E-state index contributed by atoms with van der Waals surface area (Å²) in [6.45, 7) is 6.13. The number of rotatable bonds is 8. The van der Waals surface area contributed by atoms with Crippen LogP contribution in [0.3, 0.4) is 0 Å². The number of nitrogens with zero attached hydrogens (tertiary/aromatic N) is 3. The smallest absolute Gasteiger partial charge is 0.321 e. The van der Waals surface area contributed by atoms with Crippen molar-refractivity contribution >= 4 is 27.0 Å². The molecule has 0 spiro atoms. The molecule has 0 aliphatic heterocycles. The van der Waals surface area contributed by atoms with Gasteiger partial charge in [0, 0.05) is 12.7 Å². The molecule has 0 saturated carbocycles. The molecule has 0 unspecified atom stereocenters. The number of benzene rings is 1. The summed E-state index contributed by atoms with van der Waals surface area (Å²) in [6.07, 6.45) is 3.63. The lowest BCUT2D eigenvalue weighted by molar-refractivity contribution is -0.139. The van der Waals surface area contributed by atoms with Crippen molar-refractivity contribution in [3.05, 3.63) is 54.1 Å². The topological polar surface area (TPSA) is 114 Å². The number of nitrogens with one attached hydrogen (secondary N) is 1. The summed E-state index contributed by atoms with van der Waals surface area (Å²) in [7, 11) is -3.93. The Bertz CT molecular complexity index is 1120. The van der Waals surface area contributed by atoms with Gasteiger partial charge in [-0.3, -0.25) is 9.78 Å². The first-order chi connectivity index (χ1) is 13.7. The van der Waals surface area contributed by atoms with Gasteiger partial charge in [0.25, 0.3) is 0 Å². The molecule has 9 heteroatoms. The molecule has 2 N–H and O–H groups in total. The molecule has 2 heterocycles. The molecule has 3 rings (SSSR count). The molecule has 3 aromatic rings. The molecule has 1 aromatic carbocycles. The molecule has 29 heavy (non-hydrogen) atoms. The van der Waals surface area contributed by atoms with E-state index >= 15 is 0 Å². The largest absolute Gasteiger partial charge is 0.480 e. The number of sulfonamides is 1. The van der Waals surface area contributed by atoms with Crippen LogP contribution in [0.5, 0.6) is 0 Å². The first-order valence-corrected chi connectivity index (χ1v) is 10.8. The van der Waals surface area contributed by atoms with Crippen molar-refractivity contribution in [3.8, 4) is 0 Å². The number of aliphatic carboxylic acids is 1. The van der Waals surface area contributed by atoms with Crippen LogP contribution in [-0.4, -0.2) is 40.1 Å². The van der Waals surface area contributed by atoms with Gasteiger partial charge in [-0.25, -0.2) is 13.4 Å². The predicted octanol–water partition coefficient (Wildman–Crippen LogP) is 2.57. The fourth-order valence-electron chi connectivity index (χ4n) is 3.18. The second-order valence-electron chi connectivity index (χ2n) is 7.40. The molecule has 0 amide bonds. The van der Waals surface area contributed by atoms with E-state index in [9.17, 15) is 18.3 Å². The van der Waals surface area contributed by atoms with Crippen LogP contribution < -0.4 is 4.72 Å². The second kappa shape index (κ2) is 8.30. The third kappa shape index (κ3) is 4.80. The Kier molecular flexibility index (Phi) is 5.99. The van der Waals surface area contributed by atoms with Crippen molar-refractivity contribution in [3.63, 3.8) is 0 Å². The molecule has 1 atom stereocenters. The minimum absolute atomic E-state index is 0.0349. The number of hydrogen-bond donors (Lipinski definition) is 2. The maximum atomic E-state index is 12.6. The van der Waals surface area contributed by atoms with E-state index < -0.39 is 22.0 Å². The van der Waals surface area contributed by atoms with Crippen molar-refractivity contribution in [2.45, 2.75) is 44.7 Å². The average molecular weight is 417 g/mol. The summed E-state index contributed by atoms with van der Waals surface area (Å²) in [6, 6.07) is 7.15. The van der Waals surface area contributed by atoms with Crippen molar-refractivity contribution in [1.82, 2.24) is 19.3 Å². The maximum absolute atomic E-state index is 12.6. The second-order valence-corrected chi connectivity index (χ2v) is 9.11. The third-order valence-electron chi connectivity index (χ3n) is 4.62. The van der Waals surface area contributed by atoms with Crippen molar-refractivity contribution in [2.24, 2.45) is 5.92 Å². The van der Waals surface area contributed by atoms with Gasteiger partial charge in [0.05, 0.1) is 16.6 Å². The Morgan fingerprint density at radius 2 is 1.90 bits per heavy atom. The van der Waals surface area contributed by atoms with Crippen LogP contribution in [-0.2, 0) is 21.4 Å². The van der Waals surface area contributed by atoms with Crippen LogP contribution in [0.15, 0.2) is 47.6 Å². The molecule has 154 valence electrons.